The number of nitriles is 4. The lowest BCUT2D eigenvalue weighted by molar-refractivity contribution is 0.961. The van der Waals surface area contributed by atoms with E-state index in [9.17, 15) is 21.0 Å². The van der Waals surface area contributed by atoms with Gasteiger partial charge < -0.3 is 9.13 Å². The average molecular weight is 1070 g/mol. The molecule has 5 heterocycles. The van der Waals surface area contributed by atoms with Crippen LogP contribution < -0.4 is 0 Å². The van der Waals surface area contributed by atoms with E-state index in [1.165, 1.54) is 0 Å². The number of nitrogens with zero attached hydrogens (tertiary/aromatic N) is 9. The first-order valence-electron chi connectivity index (χ1n) is 27.6. The highest BCUT2D eigenvalue weighted by Crippen LogP contribution is 2.50. The monoisotopic (exact) mass is 1070 g/mol. The second-order valence-corrected chi connectivity index (χ2v) is 21.1. The minimum atomic E-state index is 0.481. The minimum Gasteiger partial charge on any atom is -0.305 e. The molecule has 0 spiro atoms. The van der Waals surface area contributed by atoms with Crippen LogP contribution in [0.3, 0.4) is 0 Å². The zero-order chi connectivity index (χ0) is 56.2. The Kier molecular flexibility index (Phi) is 10.6. The van der Waals surface area contributed by atoms with Crippen LogP contribution in [-0.2, 0) is 0 Å². The Labute approximate surface area is 480 Å². The Balaban J connectivity index is 1.25. The lowest BCUT2D eigenvalue weighted by atomic mass is 9.91. The van der Waals surface area contributed by atoms with Crippen molar-refractivity contribution in [3.8, 4) is 80.7 Å². The molecule has 9 nitrogen and oxygen atoms in total. The van der Waals surface area contributed by atoms with Crippen LogP contribution in [0.25, 0.3) is 144 Å². The molecule has 386 valence electrons. The topological polar surface area (TPSA) is 128 Å². The van der Waals surface area contributed by atoms with Crippen LogP contribution in [0.1, 0.15) is 22.3 Å². The van der Waals surface area contributed by atoms with Crippen LogP contribution >= 0.6 is 0 Å². The summed E-state index contributed by atoms with van der Waals surface area (Å²) >= 11 is 0. The van der Waals surface area contributed by atoms with Crippen molar-refractivity contribution < 1.29 is 0 Å². The van der Waals surface area contributed by atoms with Gasteiger partial charge in [0.2, 0.25) is 0 Å². The molecular weight excluding hydrogens is 1030 g/mol. The molecule has 0 N–H and O–H groups in total. The van der Waals surface area contributed by atoms with Crippen LogP contribution in [0.4, 0.5) is 0 Å². The fourth-order valence-electron chi connectivity index (χ4n) is 13.0. The summed E-state index contributed by atoms with van der Waals surface area (Å²) in [6.45, 7) is 0. The minimum absolute atomic E-state index is 0.481. The van der Waals surface area contributed by atoms with E-state index in [0.29, 0.717) is 33.9 Å². The third-order valence-corrected chi connectivity index (χ3v) is 16.6. The summed E-state index contributed by atoms with van der Waals surface area (Å²) in [6, 6.07) is 94.6. The number of para-hydroxylation sites is 4. The molecule has 84 heavy (non-hydrogen) atoms. The highest BCUT2D eigenvalue weighted by Gasteiger charge is 2.33. The maximum Gasteiger partial charge on any atom is 0.165 e. The molecule has 0 saturated heterocycles. The fourth-order valence-corrected chi connectivity index (χ4v) is 13.0. The van der Waals surface area contributed by atoms with Gasteiger partial charge in [0.1, 0.15) is 11.4 Å². The van der Waals surface area contributed by atoms with E-state index in [4.69, 9.17) is 4.98 Å². The Morgan fingerprint density at radius 1 is 0.238 bits per heavy atom. The summed E-state index contributed by atoms with van der Waals surface area (Å²) in [6.07, 6.45) is 0. The number of hydrogen-bond donors (Lipinski definition) is 0. The lowest BCUT2D eigenvalue weighted by Crippen LogP contribution is -2.16. The van der Waals surface area contributed by atoms with Crippen molar-refractivity contribution in [3.63, 3.8) is 0 Å². The van der Waals surface area contributed by atoms with Crippen LogP contribution in [-0.4, -0.2) is 23.3 Å². The normalized spacial score (nSPS) is 11.5. The van der Waals surface area contributed by atoms with Gasteiger partial charge in [-0.1, -0.05) is 133 Å². The summed E-state index contributed by atoms with van der Waals surface area (Å²) in [7, 11) is 0. The highest BCUT2D eigenvalue weighted by atomic mass is 15.2. The van der Waals surface area contributed by atoms with Crippen molar-refractivity contribution in [2.45, 2.75) is 0 Å². The Morgan fingerprint density at radius 3 is 0.821 bits per heavy atom. The van der Waals surface area contributed by atoms with Gasteiger partial charge in [0.15, 0.2) is 11.6 Å². The quantitative estimate of drug-likeness (QED) is 0.157. The highest BCUT2D eigenvalue weighted by molar-refractivity contribution is 6.16. The molecule has 0 bridgehead atoms. The van der Waals surface area contributed by atoms with Crippen molar-refractivity contribution in [1.29, 1.82) is 21.0 Å². The Hall–Kier alpha value is -12.3. The molecule has 9 heteroatoms. The third-order valence-electron chi connectivity index (χ3n) is 16.6. The lowest BCUT2D eigenvalue weighted by Gasteiger charge is -2.27. The van der Waals surface area contributed by atoms with Gasteiger partial charge in [0, 0.05) is 48.7 Å². The number of pyridine rings is 1. The van der Waals surface area contributed by atoms with Crippen molar-refractivity contribution in [3.05, 3.63) is 271 Å². The van der Waals surface area contributed by atoms with Gasteiger partial charge in [-0.05, 0) is 143 Å². The third kappa shape index (κ3) is 7.08. The molecule has 16 aromatic rings. The van der Waals surface area contributed by atoms with Crippen LogP contribution in [0, 0.1) is 45.3 Å². The molecule has 0 saturated carbocycles. The first-order chi connectivity index (χ1) is 41.5. The van der Waals surface area contributed by atoms with E-state index < -0.39 is 0 Å². The molecule has 0 amide bonds. The first-order valence-corrected chi connectivity index (χ1v) is 27.6. The number of hydrogen-bond acceptors (Lipinski definition) is 5. The van der Waals surface area contributed by atoms with E-state index in [2.05, 4.69) is 206 Å². The predicted octanol–water partition coefficient (Wildman–Crippen LogP) is 18.0. The molecule has 0 radical (unpaired) electrons. The molecule has 0 fully saturated rings. The summed E-state index contributed by atoms with van der Waals surface area (Å²) < 4.78 is 9.19. The smallest absolute Gasteiger partial charge is 0.165 e. The molecule has 0 atom stereocenters. The van der Waals surface area contributed by atoms with Gasteiger partial charge in [-0.15, -0.1) is 0 Å². The zero-order valence-electron chi connectivity index (χ0n) is 44.7. The molecule has 16 rings (SSSR count). The molecule has 11 aromatic carbocycles. The van der Waals surface area contributed by atoms with E-state index in [1.54, 1.807) is 0 Å². The SMILES string of the molecule is N#Cc1ccc2c(c1)c1cc(C#N)ccc1n2-c1c(-n2c3ccccc3c3ccccc32)nc(-n2c3ccccc3c3ccccc32)c(-n2c3ccc(C#N)cc3c3cc(C#N)ccc32)c1-c1cc(-c2ccccc2)cc(-c2ccccc2)c1. The molecule has 0 aliphatic carbocycles. The van der Waals surface area contributed by atoms with Gasteiger partial charge in [0.05, 0.1) is 90.7 Å². The van der Waals surface area contributed by atoms with Crippen LogP contribution in [0.2, 0.25) is 0 Å². The van der Waals surface area contributed by atoms with Gasteiger partial charge in [-0.2, -0.15) is 21.0 Å². The number of benzene rings is 11. The van der Waals surface area contributed by atoms with E-state index in [1.807, 2.05) is 84.9 Å². The second kappa shape index (κ2) is 18.7. The first kappa shape index (κ1) is 47.7. The molecule has 0 unspecified atom stereocenters. The maximum atomic E-state index is 10.6. The summed E-state index contributed by atoms with van der Waals surface area (Å²) in [4.78, 5) is 6.35. The largest absolute Gasteiger partial charge is 0.305 e. The van der Waals surface area contributed by atoms with Crippen molar-refractivity contribution >= 4 is 87.2 Å². The molecular formula is C75H41N9. The Morgan fingerprint density at radius 2 is 0.512 bits per heavy atom. The van der Waals surface area contributed by atoms with E-state index in [0.717, 1.165) is 132 Å². The van der Waals surface area contributed by atoms with E-state index >= 15 is 0 Å². The number of aromatic nitrogens is 5. The maximum absolute atomic E-state index is 10.6. The van der Waals surface area contributed by atoms with Crippen molar-refractivity contribution in [2.24, 2.45) is 0 Å². The van der Waals surface area contributed by atoms with Crippen LogP contribution in [0.15, 0.2) is 249 Å². The second-order valence-electron chi connectivity index (χ2n) is 21.1. The van der Waals surface area contributed by atoms with Gasteiger partial charge in [-0.3, -0.25) is 9.13 Å². The fraction of sp³-hybridized carbons (Fsp3) is 0. The average Bonchev–Trinajstić information content (AvgIpc) is 2.01. The van der Waals surface area contributed by atoms with Gasteiger partial charge >= 0.3 is 0 Å². The summed E-state index contributed by atoms with van der Waals surface area (Å²) in [5.74, 6) is 1.22. The van der Waals surface area contributed by atoms with Crippen LogP contribution in [0.5, 0.6) is 0 Å². The van der Waals surface area contributed by atoms with E-state index in [-0.39, 0.29) is 0 Å². The predicted molar refractivity (Wildman–Crippen MR) is 337 cm³/mol. The molecule has 0 aliphatic heterocycles. The number of fused-ring (bicyclic) bond motifs is 12. The van der Waals surface area contributed by atoms with Gasteiger partial charge in [0.25, 0.3) is 0 Å². The zero-order valence-corrected chi connectivity index (χ0v) is 44.7. The number of rotatable bonds is 7. The molecule has 0 aliphatic rings. The van der Waals surface area contributed by atoms with Crippen molar-refractivity contribution in [2.75, 3.05) is 0 Å². The molecule has 5 aromatic heterocycles. The van der Waals surface area contributed by atoms with Gasteiger partial charge in [-0.25, -0.2) is 4.98 Å². The Bertz CT molecular complexity index is 5080. The standard InChI is InChI=1S/C75H41N9/c76-42-46-27-31-67-59(35-46)60-36-47(43-77)28-32-68(60)81(67)72-71(54-40-52(50-15-3-1-4-16-50)39-53(41-54)51-17-5-2-6-18-51)73(82-69-33-29-48(44-78)37-61(69)62-38-49(45-79)30-34-70(62)82)75(84-65-25-13-9-21-57(65)58-22-10-14-26-66(58)84)80-74(72)83-63-23-11-7-19-55(63)56-20-8-12-24-64(56)83/h1-41H. The summed E-state index contributed by atoms with van der Waals surface area (Å²) in [5.41, 5.74) is 16.0. The summed E-state index contributed by atoms with van der Waals surface area (Å²) in [5, 5.41) is 49.7. The van der Waals surface area contributed by atoms with Crippen molar-refractivity contribution in [1.82, 2.24) is 23.3 Å².